The van der Waals surface area contributed by atoms with Crippen LogP contribution in [0.1, 0.15) is 0 Å². The molecule has 18 heavy (non-hydrogen) atoms. The third-order valence-corrected chi connectivity index (χ3v) is 6.89. The molecule has 0 atom stereocenters. The number of benzene rings is 2. The van der Waals surface area contributed by atoms with Crippen molar-refractivity contribution < 1.29 is 0 Å². The van der Waals surface area contributed by atoms with Gasteiger partial charge in [-0.3, -0.25) is 0 Å². The maximum absolute atomic E-state index is 2.37. The second-order valence-corrected chi connectivity index (χ2v) is 9.57. The molecule has 0 nitrogen and oxygen atoms in total. The molecule has 0 saturated heterocycles. The smallest absolute Gasteiger partial charge is 0.0195 e. The van der Waals surface area contributed by atoms with Gasteiger partial charge in [-0.15, -0.1) is 7.92 Å². The Balaban J connectivity index is 2.24. The van der Waals surface area contributed by atoms with Gasteiger partial charge in [0.1, 0.15) is 0 Å². The summed E-state index contributed by atoms with van der Waals surface area (Å²) >= 11 is 0. The molecule has 0 bridgehead atoms. The molecule has 2 aromatic rings. The van der Waals surface area contributed by atoms with Gasteiger partial charge in [0.15, 0.2) is 0 Å². The van der Waals surface area contributed by atoms with E-state index in [-0.39, 0.29) is 15.8 Å². The molecular formula is C16H20P2. The summed E-state index contributed by atoms with van der Waals surface area (Å²) in [5, 5.41) is 3.02. The quantitative estimate of drug-likeness (QED) is 0.726. The number of hydrogen-bond acceptors (Lipinski definition) is 0. The lowest BCUT2D eigenvalue weighted by molar-refractivity contribution is 1.50. The molecule has 94 valence electrons. The number of rotatable bonds is 5. The molecule has 0 radical (unpaired) electrons. The Kier molecular flexibility index (Phi) is 5.36. The van der Waals surface area contributed by atoms with Gasteiger partial charge in [-0.1, -0.05) is 60.7 Å². The maximum Gasteiger partial charge on any atom is -0.0195 e. The van der Waals surface area contributed by atoms with Crippen LogP contribution in [0.25, 0.3) is 0 Å². The number of hydrogen-bond donors (Lipinski definition) is 0. The first kappa shape index (κ1) is 13.7. The molecule has 0 fully saturated rings. The van der Waals surface area contributed by atoms with E-state index in [9.17, 15) is 0 Å². The van der Waals surface area contributed by atoms with E-state index in [1.54, 1.807) is 0 Å². The van der Waals surface area contributed by atoms with Crippen molar-refractivity contribution >= 4 is 26.5 Å². The Hall–Kier alpha value is -0.700. The van der Waals surface area contributed by atoms with Crippen LogP contribution in [0.4, 0.5) is 0 Å². The summed E-state index contributed by atoms with van der Waals surface area (Å²) in [6, 6.07) is 22.0. The van der Waals surface area contributed by atoms with Gasteiger partial charge in [0.25, 0.3) is 0 Å². The van der Waals surface area contributed by atoms with E-state index in [0.29, 0.717) is 0 Å². The van der Waals surface area contributed by atoms with Gasteiger partial charge >= 0.3 is 0 Å². The Morgan fingerprint density at radius 3 is 1.50 bits per heavy atom. The van der Waals surface area contributed by atoms with Gasteiger partial charge in [-0.2, -0.15) is 0 Å². The van der Waals surface area contributed by atoms with Crippen molar-refractivity contribution in [2.75, 3.05) is 25.7 Å². The standard InChI is InChI=1S/C16H20P2/c1-17(2)13-14-18(15-9-5-3-6-10-15)16-11-7-4-8-12-16/h3-12H,13-14H2,1-2H3. The molecule has 0 aliphatic rings. The molecule has 0 heterocycles. The predicted molar refractivity (Wildman–Crippen MR) is 87.6 cm³/mol. The average Bonchev–Trinajstić information content (AvgIpc) is 2.41. The third-order valence-electron chi connectivity index (χ3n) is 2.91. The van der Waals surface area contributed by atoms with E-state index in [4.69, 9.17) is 0 Å². The zero-order chi connectivity index (χ0) is 12.8. The second kappa shape index (κ2) is 7.03. The van der Waals surface area contributed by atoms with Crippen LogP contribution in [0.2, 0.25) is 0 Å². The van der Waals surface area contributed by atoms with Crippen molar-refractivity contribution in [2.24, 2.45) is 0 Å². The Morgan fingerprint density at radius 2 is 1.11 bits per heavy atom. The van der Waals surface area contributed by atoms with Crippen LogP contribution in [0.3, 0.4) is 0 Å². The Labute approximate surface area is 113 Å². The highest BCUT2D eigenvalue weighted by atomic mass is 31.1. The van der Waals surface area contributed by atoms with Crippen LogP contribution < -0.4 is 10.6 Å². The van der Waals surface area contributed by atoms with Crippen molar-refractivity contribution in [2.45, 2.75) is 0 Å². The average molecular weight is 274 g/mol. The fraction of sp³-hybridized carbons (Fsp3) is 0.250. The molecule has 0 spiro atoms. The lowest BCUT2D eigenvalue weighted by atomic mass is 10.4. The van der Waals surface area contributed by atoms with E-state index in [1.165, 1.54) is 22.9 Å². The molecule has 0 aliphatic carbocycles. The first-order valence-corrected chi connectivity index (χ1v) is 10.2. The monoisotopic (exact) mass is 274 g/mol. The van der Waals surface area contributed by atoms with E-state index in [0.717, 1.165) is 0 Å². The molecule has 2 aromatic carbocycles. The van der Waals surface area contributed by atoms with E-state index in [1.807, 2.05) is 0 Å². The highest BCUT2D eigenvalue weighted by Gasteiger charge is 2.13. The van der Waals surface area contributed by atoms with Gasteiger partial charge in [-0.25, -0.2) is 0 Å². The topological polar surface area (TPSA) is 0 Å². The highest BCUT2D eigenvalue weighted by molar-refractivity contribution is 7.73. The summed E-state index contributed by atoms with van der Waals surface area (Å²) in [5.74, 6) is 0. The molecule has 0 N–H and O–H groups in total. The fourth-order valence-electron chi connectivity index (χ4n) is 1.92. The fourth-order valence-corrected chi connectivity index (χ4v) is 6.20. The summed E-state index contributed by atoms with van der Waals surface area (Å²) in [6.07, 6.45) is 2.69. The first-order valence-electron chi connectivity index (χ1n) is 6.30. The molecule has 0 aromatic heterocycles. The van der Waals surface area contributed by atoms with Crippen molar-refractivity contribution in [1.82, 2.24) is 0 Å². The van der Waals surface area contributed by atoms with Gasteiger partial charge < -0.3 is 0 Å². The van der Waals surface area contributed by atoms with Crippen molar-refractivity contribution in [3.05, 3.63) is 60.7 Å². The zero-order valence-electron chi connectivity index (χ0n) is 11.1. The third kappa shape index (κ3) is 3.91. The SMILES string of the molecule is CP(C)CCP(c1ccccc1)c1ccccc1. The summed E-state index contributed by atoms with van der Waals surface area (Å²) in [4.78, 5) is 0. The lowest BCUT2D eigenvalue weighted by Crippen LogP contribution is -2.15. The highest BCUT2D eigenvalue weighted by Crippen LogP contribution is 2.37. The van der Waals surface area contributed by atoms with E-state index >= 15 is 0 Å². The largest absolute Gasteiger partial charge is 0.113 e. The molecule has 0 amide bonds. The van der Waals surface area contributed by atoms with Crippen molar-refractivity contribution in [1.29, 1.82) is 0 Å². The minimum atomic E-state index is -0.167. The molecule has 0 saturated carbocycles. The van der Waals surface area contributed by atoms with Gasteiger partial charge in [-0.05, 0) is 44.2 Å². The van der Waals surface area contributed by atoms with Crippen LogP contribution >= 0.6 is 15.8 Å². The molecular weight excluding hydrogens is 254 g/mol. The molecule has 0 aliphatic heterocycles. The minimum Gasteiger partial charge on any atom is -0.113 e. The normalized spacial score (nSPS) is 11.1. The van der Waals surface area contributed by atoms with Crippen LogP contribution in [0.15, 0.2) is 60.7 Å². The Morgan fingerprint density at radius 1 is 0.667 bits per heavy atom. The second-order valence-electron chi connectivity index (χ2n) is 4.63. The summed E-state index contributed by atoms with van der Waals surface area (Å²) in [7, 11) is 0.0353. The van der Waals surface area contributed by atoms with Crippen LogP contribution in [0, 0.1) is 0 Å². The van der Waals surface area contributed by atoms with Crippen LogP contribution in [0.5, 0.6) is 0 Å². The van der Waals surface area contributed by atoms with Crippen LogP contribution in [-0.4, -0.2) is 25.7 Å². The predicted octanol–water partition coefficient (Wildman–Crippen LogP) is 3.86. The van der Waals surface area contributed by atoms with Crippen molar-refractivity contribution in [3.63, 3.8) is 0 Å². The summed E-state index contributed by atoms with van der Waals surface area (Å²) in [5.41, 5.74) is 0. The van der Waals surface area contributed by atoms with Gasteiger partial charge in [0.2, 0.25) is 0 Å². The maximum atomic E-state index is 2.37. The minimum absolute atomic E-state index is 0.167. The molecule has 2 rings (SSSR count). The lowest BCUT2D eigenvalue weighted by Gasteiger charge is -2.19. The van der Waals surface area contributed by atoms with E-state index in [2.05, 4.69) is 74.0 Å². The van der Waals surface area contributed by atoms with E-state index < -0.39 is 0 Å². The summed E-state index contributed by atoms with van der Waals surface area (Å²) in [6.45, 7) is 4.75. The van der Waals surface area contributed by atoms with Gasteiger partial charge in [0.05, 0.1) is 0 Å². The zero-order valence-corrected chi connectivity index (χ0v) is 12.9. The first-order chi connectivity index (χ1) is 8.77. The van der Waals surface area contributed by atoms with Gasteiger partial charge in [0, 0.05) is 0 Å². The summed E-state index contributed by atoms with van der Waals surface area (Å²) < 4.78 is 0. The van der Waals surface area contributed by atoms with Crippen LogP contribution in [-0.2, 0) is 0 Å². The van der Waals surface area contributed by atoms with Crippen molar-refractivity contribution in [3.8, 4) is 0 Å². The molecule has 0 unspecified atom stereocenters. The Bertz CT molecular complexity index is 412. The molecule has 2 heteroatoms.